The molecule has 114 valence electrons. The van der Waals surface area contributed by atoms with Crippen LogP contribution in [0.5, 0.6) is 0 Å². The Kier molecular flexibility index (Phi) is 4.23. The summed E-state index contributed by atoms with van der Waals surface area (Å²) in [5.74, 6) is -0.285. The molecule has 22 heavy (non-hydrogen) atoms. The minimum absolute atomic E-state index is 0.0316. The monoisotopic (exact) mass is 298 g/mol. The first-order valence-electron chi connectivity index (χ1n) is 7.41. The molecular formula is C17H18N2O3. The van der Waals surface area contributed by atoms with Gasteiger partial charge in [-0.25, -0.2) is 0 Å². The third kappa shape index (κ3) is 3.19. The van der Waals surface area contributed by atoms with Crippen LogP contribution in [-0.4, -0.2) is 29.8 Å². The summed E-state index contributed by atoms with van der Waals surface area (Å²) in [5.41, 5.74) is 1.31. The van der Waals surface area contributed by atoms with Gasteiger partial charge in [-0.3, -0.25) is 9.59 Å². The van der Waals surface area contributed by atoms with Crippen molar-refractivity contribution in [3.8, 4) is 0 Å². The molecule has 5 nitrogen and oxygen atoms in total. The zero-order valence-electron chi connectivity index (χ0n) is 12.2. The highest BCUT2D eigenvalue weighted by Gasteiger charge is 2.29. The fourth-order valence-electron chi connectivity index (χ4n) is 2.71. The van der Waals surface area contributed by atoms with Gasteiger partial charge in [-0.1, -0.05) is 18.2 Å². The van der Waals surface area contributed by atoms with E-state index in [2.05, 4.69) is 5.32 Å². The number of nitrogens with zero attached hydrogens (tertiary/aromatic N) is 1. The molecule has 1 N–H and O–H groups in total. The average Bonchev–Trinajstić information content (AvgIpc) is 3.09. The SMILES string of the molecule is O=C(Nc1ccccc1)C1CCCN(C(=O)c2ccoc2)C1. The summed E-state index contributed by atoms with van der Waals surface area (Å²) in [4.78, 5) is 26.4. The van der Waals surface area contributed by atoms with Crippen molar-refractivity contribution in [2.45, 2.75) is 12.8 Å². The molecule has 5 heteroatoms. The van der Waals surface area contributed by atoms with Gasteiger partial charge in [0, 0.05) is 18.8 Å². The zero-order chi connectivity index (χ0) is 15.4. The lowest BCUT2D eigenvalue weighted by molar-refractivity contribution is -0.121. The molecular weight excluding hydrogens is 280 g/mol. The highest BCUT2D eigenvalue weighted by Crippen LogP contribution is 2.20. The van der Waals surface area contributed by atoms with Crippen LogP contribution in [0.4, 0.5) is 5.69 Å². The number of benzene rings is 1. The number of rotatable bonds is 3. The van der Waals surface area contributed by atoms with Gasteiger partial charge >= 0.3 is 0 Å². The van der Waals surface area contributed by atoms with Crippen LogP contribution in [0.25, 0.3) is 0 Å². The maximum atomic E-state index is 12.4. The Bertz CT molecular complexity index is 637. The summed E-state index contributed by atoms with van der Waals surface area (Å²) in [6, 6.07) is 11.0. The number of para-hydroxylation sites is 1. The molecule has 1 aromatic carbocycles. The Morgan fingerprint density at radius 2 is 2.00 bits per heavy atom. The Morgan fingerprint density at radius 3 is 2.73 bits per heavy atom. The van der Waals surface area contributed by atoms with Gasteiger partial charge in [-0.15, -0.1) is 0 Å². The molecule has 0 bridgehead atoms. The van der Waals surface area contributed by atoms with E-state index in [-0.39, 0.29) is 17.7 Å². The molecule has 1 unspecified atom stereocenters. The van der Waals surface area contributed by atoms with Crippen LogP contribution in [0.2, 0.25) is 0 Å². The van der Waals surface area contributed by atoms with Gasteiger partial charge in [0.1, 0.15) is 6.26 Å². The van der Waals surface area contributed by atoms with Crippen molar-refractivity contribution >= 4 is 17.5 Å². The molecule has 3 rings (SSSR count). The average molecular weight is 298 g/mol. The lowest BCUT2D eigenvalue weighted by Crippen LogP contribution is -2.43. The van der Waals surface area contributed by atoms with Gasteiger partial charge in [0.2, 0.25) is 5.91 Å². The second-order valence-electron chi connectivity index (χ2n) is 5.46. The maximum absolute atomic E-state index is 12.4. The highest BCUT2D eigenvalue weighted by atomic mass is 16.3. The third-order valence-electron chi connectivity index (χ3n) is 3.89. The number of furan rings is 1. The van der Waals surface area contributed by atoms with Crippen molar-refractivity contribution in [2.75, 3.05) is 18.4 Å². The number of hydrogen-bond donors (Lipinski definition) is 1. The normalized spacial score (nSPS) is 18.0. The lowest BCUT2D eigenvalue weighted by Gasteiger charge is -2.31. The van der Waals surface area contributed by atoms with Gasteiger partial charge in [0.05, 0.1) is 17.7 Å². The van der Waals surface area contributed by atoms with Crippen molar-refractivity contribution in [1.82, 2.24) is 4.90 Å². The van der Waals surface area contributed by atoms with E-state index in [4.69, 9.17) is 4.42 Å². The van der Waals surface area contributed by atoms with E-state index in [1.54, 1.807) is 11.0 Å². The fourth-order valence-corrected chi connectivity index (χ4v) is 2.71. The van der Waals surface area contributed by atoms with Crippen LogP contribution in [-0.2, 0) is 4.79 Å². The molecule has 1 fully saturated rings. The number of amides is 2. The van der Waals surface area contributed by atoms with Crippen molar-refractivity contribution in [2.24, 2.45) is 5.92 Å². The predicted molar refractivity (Wildman–Crippen MR) is 82.4 cm³/mol. The molecule has 1 atom stereocenters. The number of carbonyl (C=O) groups is 2. The second-order valence-corrected chi connectivity index (χ2v) is 5.46. The van der Waals surface area contributed by atoms with E-state index < -0.39 is 0 Å². The molecule has 0 spiro atoms. The first kappa shape index (κ1) is 14.4. The third-order valence-corrected chi connectivity index (χ3v) is 3.89. The number of hydrogen-bond acceptors (Lipinski definition) is 3. The summed E-state index contributed by atoms with van der Waals surface area (Å²) in [6.45, 7) is 1.13. The van der Waals surface area contributed by atoms with E-state index in [0.717, 1.165) is 18.5 Å². The Labute approximate surface area is 128 Å². The molecule has 1 aromatic heterocycles. The van der Waals surface area contributed by atoms with Crippen LogP contribution < -0.4 is 5.32 Å². The van der Waals surface area contributed by atoms with Gasteiger partial charge in [-0.2, -0.15) is 0 Å². The molecule has 1 aliphatic heterocycles. The zero-order valence-corrected chi connectivity index (χ0v) is 12.2. The Morgan fingerprint density at radius 1 is 1.18 bits per heavy atom. The van der Waals surface area contributed by atoms with E-state index in [0.29, 0.717) is 18.7 Å². The second kappa shape index (κ2) is 6.47. The largest absolute Gasteiger partial charge is 0.472 e. The summed E-state index contributed by atoms with van der Waals surface area (Å²) in [5, 5.41) is 2.91. The molecule has 2 aromatic rings. The molecule has 2 amide bonds. The van der Waals surface area contributed by atoms with Crippen LogP contribution in [0, 0.1) is 5.92 Å². The maximum Gasteiger partial charge on any atom is 0.257 e. The summed E-state index contributed by atoms with van der Waals surface area (Å²) >= 11 is 0. The summed E-state index contributed by atoms with van der Waals surface area (Å²) < 4.78 is 4.95. The van der Waals surface area contributed by atoms with Gasteiger partial charge < -0.3 is 14.6 Å². The quantitative estimate of drug-likeness (QED) is 0.947. The molecule has 2 heterocycles. The standard InChI is InChI=1S/C17H18N2O3/c20-16(18-15-6-2-1-3-7-15)13-5-4-9-19(11-13)17(21)14-8-10-22-12-14/h1-3,6-8,10,12-13H,4-5,9,11H2,(H,18,20). The number of piperidine rings is 1. The lowest BCUT2D eigenvalue weighted by atomic mass is 9.96. The van der Waals surface area contributed by atoms with E-state index in [9.17, 15) is 9.59 Å². The fraction of sp³-hybridized carbons (Fsp3) is 0.294. The number of nitrogens with one attached hydrogen (secondary N) is 1. The van der Waals surface area contributed by atoms with E-state index in [1.807, 2.05) is 30.3 Å². The minimum atomic E-state index is -0.176. The van der Waals surface area contributed by atoms with Crippen LogP contribution in [0.15, 0.2) is 53.3 Å². The van der Waals surface area contributed by atoms with Crippen LogP contribution in [0.3, 0.4) is 0 Å². The number of carbonyl (C=O) groups excluding carboxylic acids is 2. The number of likely N-dealkylation sites (tertiary alicyclic amines) is 1. The van der Waals surface area contributed by atoms with Crippen LogP contribution in [0.1, 0.15) is 23.2 Å². The van der Waals surface area contributed by atoms with E-state index >= 15 is 0 Å². The molecule has 1 saturated heterocycles. The topological polar surface area (TPSA) is 62.6 Å². The molecule has 0 saturated carbocycles. The van der Waals surface area contributed by atoms with E-state index in [1.165, 1.54) is 12.5 Å². The Hall–Kier alpha value is -2.56. The summed E-state index contributed by atoms with van der Waals surface area (Å²) in [7, 11) is 0. The van der Waals surface area contributed by atoms with Crippen molar-refractivity contribution in [3.05, 3.63) is 54.5 Å². The van der Waals surface area contributed by atoms with Crippen molar-refractivity contribution < 1.29 is 14.0 Å². The highest BCUT2D eigenvalue weighted by molar-refractivity contribution is 5.96. The smallest absolute Gasteiger partial charge is 0.257 e. The minimum Gasteiger partial charge on any atom is -0.472 e. The van der Waals surface area contributed by atoms with Crippen molar-refractivity contribution in [1.29, 1.82) is 0 Å². The van der Waals surface area contributed by atoms with Crippen LogP contribution >= 0.6 is 0 Å². The Balaban J connectivity index is 1.63. The van der Waals surface area contributed by atoms with Gasteiger partial charge in [0.15, 0.2) is 0 Å². The van der Waals surface area contributed by atoms with Gasteiger partial charge in [0.25, 0.3) is 5.91 Å². The summed E-state index contributed by atoms with van der Waals surface area (Å²) in [6.07, 6.45) is 4.55. The first-order chi connectivity index (χ1) is 10.7. The molecule has 0 aliphatic carbocycles. The molecule has 0 radical (unpaired) electrons. The first-order valence-corrected chi connectivity index (χ1v) is 7.41. The van der Waals surface area contributed by atoms with Crippen molar-refractivity contribution in [3.63, 3.8) is 0 Å². The van der Waals surface area contributed by atoms with Gasteiger partial charge in [-0.05, 0) is 31.0 Å². The molecule has 1 aliphatic rings. The predicted octanol–water partition coefficient (Wildman–Crippen LogP) is 2.77. The number of anilines is 1.